The van der Waals surface area contributed by atoms with Gasteiger partial charge in [-0.25, -0.2) is 0 Å². The van der Waals surface area contributed by atoms with E-state index >= 15 is 0 Å². The summed E-state index contributed by atoms with van der Waals surface area (Å²) < 4.78 is 0. The molecule has 3 rings (SSSR count). The van der Waals surface area contributed by atoms with Crippen LogP contribution in [-0.2, 0) is 0 Å². The van der Waals surface area contributed by atoms with Crippen molar-refractivity contribution in [3.05, 3.63) is 59.3 Å². The minimum Gasteiger partial charge on any atom is -0.352 e. The third-order valence-corrected chi connectivity index (χ3v) is 3.79. The van der Waals surface area contributed by atoms with E-state index in [4.69, 9.17) is 0 Å². The van der Waals surface area contributed by atoms with Gasteiger partial charge in [-0.15, -0.1) is 0 Å². The Morgan fingerprint density at radius 3 is 2.62 bits per heavy atom. The Morgan fingerprint density at radius 1 is 1.08 bits per heavy atom. The molecular formula is C18H18N4O2. The number of nitrogens with one attached hydrogen (secondary N) is 3. The number of amides is 2. The molecule has 0 saturated heterocycles. The zero-order valence-corrected chi connectivity index (χ0v) is 13.5. The molecule has 0 fully saturated rings. The summed E-state index contributed by atoms with van der Waals surface area (Å²) >= 11 is 0. The molecular weight excluding hydrogens is 304 g/mol. The first-order valence-corrected chi connectivity index (χ1v) is 7.72. The molecule has 0 aliphatic carbocycles. The van der Waals surface area contributed by atoms with Gasteiger partial charge < -0.3 is 10.6 Å². The normalized spacial score (nSPS) is 10.6. The van der Waals surface area contributed by atoms with E-state index < -0.39 is 0 Å². The minimum absolute atomic E-state index is 0.159. The van der Waals surface area contributed by atoms with E-state index in [1.807, 2.05) is 26.0 Å². The van der Waals surface area contributed by atoms with Crippen LogP contribution in [0.25, 0.3) is 10.9 Å². The van der Waals surface area contributed by atoms with Gasteiger partial charge >= 0.3 is 0 Å². The highest BCUT2D eigenvalue weighted by Gasteiger charge is 2.12. The van der Waals surface area contributed by atoms with Crippen molar-refractivity contribution < 1.29 is 9.59 Å². The fraction of sp³-hybridized carbons (Fsp3) is 0.167. The molecule has 6 nitrogen and oxygen atoms in total. The SMILES string of the molecule is CCNC(=O)c1ccc(C)c(NC(=O)c2ccc3[nH]ncc3c2)c1. The van der Waals surface area contributed by atoms with Gasteiger partial charge in [0.1, 0.15) is 0 Å². The lowest BCUT2D eigenvalue weighted by Gasteiger charge is -2.11. The lowest BCUT2D eigenvalue weighted by Crippen LogP contribution is -2.23. The second kappa shape index (κ2) is 6.54. The summed E-state index contributed by atoms with van der Waals surface area (Å²) in [5.74, 6) is -0.387. The van der Waals surface area contributed by atoms with Crippen LogP contribution in [0.3, 0.4) is 0 Å². The van der Waals surface area contributed by atoms with E-state index in [2.05, 4.69) is 20.8 Å². The molecule has 0 spiro atoms. The number of aromatic amines is 1. The van der Waals surface area contributed by atoms with Crippen LogP contribution in [0, 0.1) is 6.92 Å². The van der Waals surface area contributed by atoms with Gasteiger partial charge in [0.2, 0.25) is 0 Å². The fourth-order valence-corrected chi connectivity index (χ4v) is 2.44. The molecule has 0 bridgehead atoms. The molecule has 0 saturated carbocycles. The number of carbonyl (C=O) groups excluding carboxylic acids is 2. The van der Waals surface area contributed by atoms with Gasteiger partial charge in [-0.05, 0) is 49.7 Å². The maximum absolute atomic E-state index is 12.5. The number of hydrogen-bond acceptors (Lipinski definition) is 3. The summed E-state index contributed by atoms with van der Waals surface area (Å²) in [5.41, 5.74) is 3.44. The monoisotopic (exact) mass is 322 g/mol. The molecule has 0 aliphatic rings. The molecule has 0 aliphatic heterocycles. The minimum atomic E-state index is -0.228. The topological polar surface area (TPSA) is 86.9 Å². The Labute approximate surface area is 139 Å². The summed E-state index contributed by atoms with van der Waals surface area (Å²) in [5, 5.41) is 13.3. The smallest absolute Gasteiger partial charge is 0.255 e. The number of nitrogens with zero attached hydrogens (tertiary/aromatic N) is 1. The molecule has 1 heterocycles. The van der Waals surface area contributed by atoms with E-state index in [-0.39, 0.29) is 11.8 Å². The van der Waals surface area contributed by atoms with Crippen molar-refractivity contribution in [2.75, 3.05) is 11.9 Å². The number of fused-ring (bicyclic) bond motifs is 1. The number of anilines is 1. The van der Waals surface area contributed by atoms with E-state index in [0.717, 1.165) is 16.5 Å². The van der Waals surface area contributed by atoms with Gasteiger partial charge in [-0.3, -0.25) is 14.7 Å². The standard InChI is InChI=1S/C18H18N4O2/c1-3-19-17(23)13-5-4-11(2)16(9-13)21-18(24)12-6-7-15-14(8-12)10-20-22-15/h4-10H,3H2,1-2H3,(H,19,23)(H,20,22)(H,21,24). The maximum atomic E-state index is 12.5. The van der Waals surface area contributed by atoms with Gasteiger partial charge in [0.05, 0.1) is 11.7 Å². The van der Waals surface area contributed by atoms with Crippen molar-refractivity contribution >= 4 is 28.4 Å². The first-order valence-electron chi connectivity index (χ1n) is 7.72. The van der Waals surface area contributed by atoms with Crippen LogP contribution in [0.15, 0.2) is 42.6 Å². The number of aromatic nitrogens is 2. The molecule has 0 atom stereocenters. The van der Waals surface area contributed by atoms with E-state index in [1.54, 1.807) is 30.5 Å². The quantitative estimate of drug-likeness (QED) is 0.690. The highest BCUT2D eigenvalue weighted by atomic mass is 16.2. The summed E-state index contributed by atoms with van der Waals surface area (Å²) in [6, 6.07) is 10.6. The molecule has 0 radical (unpaired) electrons. The molecule has 2 amide bonds. The number of aryl methyl sites for hydroxylation is 1. The van der Waals surface area contributed by atoms with E-state index in [1.165, 1.54) is 0 Å². The number of H-pyrrole nitrogens is 1. The van der Waals surface area contributed by atoms with Gasteiger partial charge in [0.25, 0.3) is 11.8 Å². The Kier molecular flexibility index (Phi) is 4.29. The summed E-state index contributed by atoms with van der Waals surface area (Å²) in [4.78, 5) is 24.4. The highest BCUT2D eigenvalue weighted by molar-refractivity contribution is 6.07. The van der Waals surface area contributed by atoms with Crippen molar-refractivity contribution in [1.29, 1.82) is 0 Å². The van der Waals surface area contributed by atoms with Crippen LogP contribution in [0.4, 0.5) is 5.69 Å². The highest BCUT2D eigenvalue weighted by Crippen LogP contribution is 2.19. The van der Waals surface area contributed by atoms with Crippen molar-refractivity contribution in [2.45, 2.75) is 13.8 Å². The summed E-state index contributed by atoms with van der Waals surface area (Å²) in [6.07, 6.45) is 1.67. The average Bonchev–Trinajstić information content (AvgIpc) is 3.04. The van der Waals surface area contributed by atoms with Crippen LogP contribution in [0.1, 0.15) is 33.2 Å². The number of hydrogen-bond donors (Lipinski definition) is 3. The fourth-order valence-electron chi connectivity index (χ4n) is 2.44. The Morgan fingerprint density at radius 2 is 1.83 bits per heavy atom. The first kappa shape index (κ1) is 15.7. The van der Waals surface area contributed by atoms with E-state index in [0.29, 0.717) is 23.4 Å². The predicted octanol–water partition coefficient (Wildman–Crippen LogP) is 2.87. The second-order valence-electron chi connectivity index (χ2n) is 5.52. The second-order valence-corrected chi connectivity index (χ2v) is 5.52. The Hall–Kier alpha value is -3.15. The summed E-state index contributed by atoms with van der Waals surface area (Å²) in [6.45, 7) is 4.30. The van der Waals surface area contributed by atoms with Gasteiger partial charge in [-0.1, -0.05) is 6.07 Å². The first-order chi connectivity index (χ1) is 11.6. The molecule has 24 heavy (non-hydrogen) atoms. The van der Waals surface area contributed by atoms with Crippen molar-refractivity contribution in [3.63, 3.8) is 0 Å². The average molecular weight is 322 g/mol. The molecule has 122 valence electrons. The zero-order chi connectivity index (χ0) is 17.1. The van der Waals surface area contributed by atoms with Crippen molar-refractivity contribution in [1.82, 2.24) is 15.5 Å². The number of rotatable bonds is 4. The lowest BCUT2D eigenvalue weighted by molar-refractivity contribution is 0.0954. The largest absolute Gasteiger partial charge is 0.352 e. The lowest BCUT2D eigenvalue weighted by atomic mass is 10.1. The molecule has 3 N–H and O–H groups in total. The Bertz CT molecular complexity index is 914. The van der Waals surface area contributed by atoms with Gasteiger partial charge in [0, 0.05) is 28.7 Å². The Balaban J connectivity index is 1.85. The summed E-state index contributed by atoms with van der Waals surface area (Å²) in [7, 11) is 0. The van der Waals surface area contributed by atoms with E-state index in [9.17, 15) is 9.59 Å². The van der Waals surface area contributed by atoms with Crippen LogP contribution in [-0.4, -0.2) is 28.6 Å². The molecule has 6 heteroatoms. The maximum Gasteiger partial charge on any atom is 0.255 e. The van der Waals surface area contributed by atoms with Crippen molar-refractivity contribution in [3.8, 4) is 0 Å². The molecule has 0 unspecified atom stereocenters. The van der Waals surface area contributed by atoms with Crippen LogP contribution in [0.5, 0.6) is 0 Å². The molecule has 1 aromatic heterocycles. The zero-order valence-electron chi connectivity index (χ0n) is 13.5. The van der Waals surface area contributed by atoms with Crippen LogP contribution in [0.2, 0.25) is 0 Å². The number of carbonyl (C=O) groups is 2. The molecule has 2 aromatic carbocycles. The van der Waals surface area contributed by atoms with Crippen LogP contribution < -0.4 is 10.6 Å². The third-order valence-electron chi connectivity index (χ3n) is 3.79. The predicted molar refractivity (Wildman–Crippen MR) is 93.2 cm³/mol. The van der Waals surface area contributed by atoms with Crippen LogP contribution >= 0.6 is 0 Å². The van der Waals surface area contributed by atoms with Gasteiger partial charge in [0.15, 0.2) is 0 Å². The van der Waals surface area contributed by atoms with Crippen molar-refractivity contribution in [2.24, 2.45) is 0 Å². The number of benzene rings is 2. The third kappa shape index (κ3) is 3.12. The molecule has 3 aromatic rings. The van der Waals surface area contributed by atoms with Gasteiger partial charge in [-0.2, -0.15) is 5.10 Å².